The molecule has 1 aliphatic carbocycles. The van der Waals surface area contributed by atoms with Gasteiger partial charge in [0, 0.05) is 67.9 Å². The fourth-order valence-electron chi connectivity index (χ4n) is 4.47. The predicted molar refractivity (Wildman–Crippen MR) is 128 cm³/mol. The number of thioether (sulfide) groups is 1. The molecule has 4 rings (SSSR count). The standard InChI is InChI=1S/C18H30N6S2.HI/c19-16(22-6-8-23(9-7-22)17-20-5-12-26-17)21-15-18(3-1-2-4-18)24-10-13-25-14-11-24;/h5,12H,1-4,6-11,13-15H2,(H2,19,21);1H. The summed E-state index contributed by atoms with van der Waals surface area (Å²) < 4.78 is 0. The maximum Gasteiger partial charge on any atom is 0.191 e. The SMILES string of the molecule is I.NC(=NCC1(N2CCSCC2)CCCC1)N1CCN(c2nccs2)CC1. The van der Waals surface area contributed by atoms with E-state index in [0.717, 1.165) is 43.8 Å². The molecular weight excluding hydrogens is 491 g/mol. The van der Waals surface area contributed by atoms with Crippen molar-refractivity contribution in [1.29, 1.82) is 0 Å². The van der Waals surface area contributed by atoms with Crippen LogP contribution in [0.5, 0.6) is 0 Å². The maximum atomic E-state index is 6.40. The van der Waals surface area contributed by atoms with Crippen molar-refractivity contribution in [2.45, 2.75) is 31.2 Å². The number of guanidine groups is 1. The molecule has 27 heavy (non-hydrogen) atoms. The molecule has 3 heterocycles. The number of thiazole rings is 1. The van der Waals surface area contributed by atoms with Crippen LogP contribution in [0.15, 0.2) is 16.6 Å². The Bertz CT molecular complexity index is 591. The lowest BCUT2D eigenvalue weighted by Crippen LogP contribution is -2.54. The Balaban J connectivity index is 0.00000210. The lowest BCUT2D eigenvalue weighted by atomic mass is 9.95. The Morgan fingerprint density at radius 2 is 1.81 bits per heavy atom. The van der Waals surface area contributed by atoms with Gasteiger partial charge in [-0.25, -0.2) is 4.98 Å². The summed E-state index contributed by atoms with van der Waals surface area (Å²) in [5.74, 6) is 3.26. The molecule has 0 bridgehead atoms. The highest BCUT2D eigenvalue weighted by atomic mass is 127. The van der Waals surface area contributed by atoms with Crippen molar-refractivity contribution in [3.05, 3.63) is 11.6 Å². The number of aromatic nitrogens is 1. The molecule has 2 N–H and O–H groups in total. The zero-order chi connectivity index (χ0) is 17.8. The summed E-state index contributed by atoms with van der Waals surface area (Å²) in [6.07, 6.45) is 7.12. The molecule has 0 unspecified atom stereocenters. The lowest BCUT2D eigenvalue weighted by molar-refractivity contribution is 0.112. The Hall–Kier alpha value is -0.260. The fourth-order valence-corrected chi connectivity index (χ4v) is 6.07. The average molecular weight is 523 g/mol. The van der Waals surface area contributed by atoms with Gasteiger partial charge >= 0.3 is 0 Å². The topological polar surface area (TPSA) is 61.0 Å². The van der Waals surface area contributed by atoms with Gasteiger partial charge in [0.25, 0.3) is 0 Å². The summed E-state index contributed by atoms with van der Waals surface area (Å²) in [5, 5.41) is 3.16. The van der Waals surface area contributed by atoms with E-state index in [1.807, 2.05) is 11.6 Å². The highest BCUT2D eigenvalue weighted by molar-refractivity contribution is 14.0. The Kier molecular flexibility index (Phi) is 7.92. The number of nitrogens with two attached hydrogens (primary N) is 1. The number of piperazine rings is 1. The fraction of sp³-hybridized carbons (Fsp3) is 0.778. The smallest absolute Gasteiger partial charge is 0.191 e. The van der Waals surface area contributed by atoms with Crippen LogP contribution in [0.25, 0.3) is 0 Å². The van der Waals surface area contributed by atoms with Crippen molar-refractivity contribution >= 4 is 58.2 Å². The van der Waals surface area contributed by atoms with Crippen LogP contribution in [0, 0.1) is 0 Å². The number of nitrogens with zero attached hydrogens (tertiary/aromatic N) is 5. The van der Waals surface area contributed by atoms with Crippen LogP contribution >= 0.6 is 47.1 Å². The van der Waals surface area contributed by atoms with Crippen LogP contribution in [0.1, 0.15) is 25.7 Å². The van der Waals surface area contributed by atoms with E-state index in [9.17, 15) is 0 Å². The van der Waals surface area contributed by atoms with E-state index < -0.39 is 0 Å². The number of rotatable bonds is 4. The Morgan fingerprint density at radius 1 is 1.11 bits per heavy atom. The van der Waals surface area contributed by atoms with Crippen molar-refractivity contribution in [2.24, 2.45) is 10.7 Å². The maximum absolute atomic E-state index is 6.40. The molecule has 3 aliphatic rings. The first kappa shape index (κ1) is 21.4. The summed E-state index contributed by atoms with van der Waals surface area (Å²) in [6.45, 7) is 7.11. The minimum absolute atomic E-state index is 0. The van der Waals surface area contributed by atoms with Gasteiger partial charge in [-0.1, -0.05) is 12.8 Å². The molecule has 1 aromatic rings. The van der Waals surface area contributed by atoms with E-state index in [1.165, 1.54) is 50.3 Å². The third kappa shape index (κ3) is 5.02. The van der Waals surface area contributed by atoms with Crippen LogP contribution in [0.2, 0.25) is 0 Å². The van der Waals surface area contributed by atoms with Gasteiger partial charge in [0.1, 0.15) is 0 Å². The average Bonchev–Trinajstić information content (AvgIpc) is 3.40. The molecule has 2 saturated heterocycles. The van der Waals surface area contributed by atoms with Gasteiger partial charge in [0.2, 0.25) is 0 Å². The van der Waals surface area contributed by atoms with Crippen LogP contribution < -0.4 is 10.6 Å². The zero-order valence-corrected chi connectivity index (χ0v) is 19.8. The second-order valence-corrected chi connectivity index (χ2v) is 9.59. The Morgan fingerprint density at radius 3 is 2.44 bits per heavy atom. The van der Waals surface area contributed by atoms with E-state index in [-0.39, 0.29) is 29.5 Å². The second-order valence-electron chi connectivity index (χ2n) is 7.49. The zero-order valence-electron chi connectivity index (χ0n) is 15.9. The van der Waals surface area contributed by atoms with Gasteiger partial charge in [-0.2, -0.15) is 11.8 Å². The number of halogens is 1. The molecule has 2 aliphatic heterocycles. The molecule has 3 fully saturated rings. The third-order valence-electron chi connectivity index (χ3n) is 6.05. The summed E-state index contributed by atoms with van der Waals surface area (Å²) in [5.41, 5.74) is 6.67. The second kappa shape index (κ2) is 9.98. The van der Waals surface area contributed by atoms with Gasteiger partial charge in [-0.15, -0.1) is 35.3 Å². The first-order valence-corrected chi connectivity index (χ1v) is 11.8. The summed E-state index contributed by atoms with van der Waals surface area (Å²) in [4.78, 5) is 16.6. The molecule has 9 heteroatoms. The monoisotopic (exact) mass is 522 g/mol. The van der Waals surface area contributed by atoms with E-state index >= 15 is 0 Å². The van der Waals surface area contributed by atoms with Crippen LogP contribution in [-0.2, 0) is 0 Å². The molecule has 1 aromatic heterocycles. The Labute approximate surface area is 188 Å². The molecule has 152 valence electrons. The quantitative estimate of drug-likeness (QED) is 0.373. The molecule has 0 aromatic carbocycles. The summed E-state index contributed by atoms with van der Waals surface area (Å²) in [6, 6.07) is 0. The first-order chi connectivity index (χ1) is 12.8. The highest BCUT2D eigenvalue weighted by Crippen LogP contribution is 2.37. The highest BCUT2D eigenvalue weighted by Gasteiger charge is 2.40. The number of aliphatic imine (C=N–C) groups is 1. The predicted octanol–water partition coefficient (Wildman–Crippen LogP) is 2.56. The van der Waals surface area contributed by atoms with Crippen molar-refractivity contribution in [3.63, 3.8) is 0 Å². The van der Waals surface area contributed by atoms with Crippen molar-refractivity contribution in [2.75, 3.05) is 62.2 Å². The molecule has 0 spiro atoms. The molecule has 0 atom stereocenters. The van der Waals surface area contributed by atoms with Crippen LogP contribution in [0.3, 0.4) is 0 Å². The van der Waals surface area contributed by atoms with Crippen molar-refractivity contribution < 1.29 is 0 Å². The number of anilines is 1. The van der Waals surface area contributed by atoms with E-state index in [0.29, 0.717) is 0 Å². The minimum atomic E-state index is 0. The molecule has 0 amide bonds. The molecule has 6 nitrogen and oxygen atoms in total. The number of hydrogen-bond donors (Lipinski definition) is 1. The lowest BCUT2D eigenvalue weighted by Gasteiger charge is -2.43. The molecule has 1 saturated carbocycles. The molecular formula is C18H31IN6S2. The van der Waals surface area contributed by atoms with Gasteiger partial charge in [-0.05, 0) is 12.8 Å². The third-order valence-corrected chi connectivity index (χ3v) is 7.82. The van der Waals surface area contributed by atoms with Gasteiger partial charge in [0.15, 0.2) is 11.1 Å². The van der Waals surface area contributed by atoms with Gasteiger partial charge in [0.05, 0.1) is 6.54 Å². The van der Waals surface area contributed by atoms with Gasteiger partial charge < -0.3 is 15.5 Å². The van der Waals surface area contributed by atoms with Crippen LogP contribution in [0.4, 0.5) is 5.13 Å². The largest absolute Gasteiger partial charge is 0.370 e. The normalized spacial score (nSPS) is 24.1. The number of hydrogen-bond acceptors (Lipinski definition) is 6. The minimum Gasteiger partial charge on any atom is -0.370 e. The summed E-state index contributed by atoms with van der Waals surface area (Å²) in [7, 11) is 0. The van der Waals surface area contributed by atoms with Crippen LogP contribution in [-0.4, -0.2) is 83.6 Å². The molecule has 0 radical (unpaired) electrons. The van der Waals surface area contributed by atoms with Crippen molar-refractivity contribution in [3.8, 4) is 0 Å². The van der Waals surface area contributed by atoms with Crippen molar-refractivity contribution in [1.82, 2.24) is 14.8 Å². The van der Waals surface area contributed by atoms with Gasteiger partial charge in [-0.3, -0.25) is 9.89 Å². The summed E-state index contributed by atoms with van der Waals surface area (Å²) >= 11 is 3.79. The van der Waals surface area contributed by atoms with E-state index in [1.54, 1.807) is 11.3 Å². The van der Waals surface area contributed by atoms with E-state index in [4.69, 9.17) is 10.7 Å². The van der Waals surface area contributed by atoms with E-state index in [2.05, 4.69) is 31.4 Å². The first-order valence-electron chi connectivity index (χ1n) is 9.79.